The van der Waals surface area contributed by atoms with Crippen LogP contribution in [0.5, 0.6) is 0 Å². The Hall–Kier alpha value is -0.160. The molecule has 0 fully saturated rings. The molecule has 4 heteroatoms. The highest BCUT2D eigenvalue weighted by molar-refractivity contribution is 4.63. The molecule has 2 unspecified atom stereocenters. The van der Waals surface area contributed by atoms with E-state index in [4.69, 9.17) is 20.1 Å². The summed E-state index contributed by atoms with van der Waals surface area (Å²) >= 11 is 0. The third-order valence-corrected chi connectivity index (χ3v) is 1.12. The van der Waals surface area contributed by atoms with E-state index in [1.165, 1.54) is 0 Å². The van der Waals surface area contributed by atoms with Crippen molar-refractivity contribution in [3.8, 4) is 0 Å². The minimum atomic E-state index is -1.09. The Labute approximate surface area is 60.1 Å². The molecule has 0 spiro atoms. The van der Waals surface area contributed by atoms with Crippen LogP contribution in [0.2, 0.25) is 0 Å². The Morgan fingerprint density at radius 2 is 1.90 bits per heavy atom. The second-order valence-corrected chi connectivity index (χ2v) is 1.98. The number of aliphatic hydroxyl groups is 3. The summed E-state index contributed by atoms with van der Waals surface area (Å²) < 4.78 is 4.80. The highest BCUT2D eigenvalue weighted by atomic mass is 16.5. The van der Waals surface area contributed by atoms with Gasteiger partial charge in [-0.3, -0.25) is 0 Å². The summed E-state index contributed by atoms with van der Waals surface area (Å²) in [5.74, 6) is 0. The molecule has 0 aromatic rings. The fraction of sp³-hybridized carbons (Fsp3) is 1.00. The maximum Gasteiger partial charge on any atom is 0.105 e. The van der Waals surface area contributed by atoms with Gasteiger partial charge in [-0.25, -0.2) is 0 Å². The summed E-state index contributed by atoms with van der Waals surface area (Å²) in [5.41, 5.74) is 0. The van der Waals surface area contributed by atoms with E-state index in [-0.39, 0.29) is 6.61 Å². The lowest BCUT2D eigenvalue weighted by atomic mass is 10.2. The second-order valence-electron chi connectivity index (χ2n) is 1.98. The summed E-state index contributed by atoms with van der Waals surface area (Å²) in [5, 5.41) is 26.0. The van der Waals surface area contributed by atoms with Crippen LogP contribution in [0.3, 0.4) is 0 Å². The fourth-order valence-corrected chi connectivity index (χ4v) is 0.471. The Morgan fingerprint density at radius 1 is 1.30 bits per heavy atom. The maximum absolute atomic E-state index is 8.91. The number of ether oxygens (including phenoxy) is 1. The lowest BCUT2D eigenvalue weighted by Gasteiger charge is -2.14. The topological polar surface area (TPSA) is 69.9 Å². The number of hydrogen-bond acceptors (Lipinski definition) is 4. The van der Waals surface area contributed by atoms with Crippen molar-refractivity contribution >= 4 is 0 Å². The average Bonchev–Trinajstić information content (AvgIpc) is 1.98. The normalized spacial score (nSPS) is 16.8. The SMILES string of the molecule is CCOCC(O)C(O)CO. The Balaban J connectivity index is 3.31. The molecule has 4 nitrogen and oxygen atoms in total. The molecule has 0 aliphatic rings. The summed E-state index contributed by atoms with van der Waals surface area (Å²) in [6.45, 7) is 1.92. The predicted molar refractivity (Wildman–Crippen MR) is 35.6 cm³/mol. The lowest BCUT2D eigenvalue weighted by Crippen LogP contribution is -2.33. The highest BCUT2D eigenvalue weighted by Gasteiger charge is 2.13. The number of aliphatic hydroxyl groups excluding tert-OH is 3. The first-order valence-corrected chi connectivity index (χ1v) is 3.27. The Kier molecular flexibility index (Phi) is 5.52. The molecule has 3 N–H and O–H groups in total. The van der Waals surface area contributed by atoms with E-state index in [9.17, 15) is 0 Å². The average molecular weight is 150 g/mol. The molecule has 2 atom stereocenters. The van der Waals surface area contributed by atoms with Gasteiger partial charge in [0, 0.05) is 6.61 Å². The van der Waals surface area contributed by atoms with Crippen LogP contribution >= 0.6 is 0 Å². The zero-order valence-corrected chi connectivity index (χ0v) is 6.03. The zero-order chi connectivity index (χ0) is 7.98. The van der Waals surface area contributed by atoms with Crippen LogP contribution in [0.1, 0.15) is 6.92 Å². The minimum Gasteiger partial charge on any atom is -0.394 e. The van der Waals surface area contributed by atoms with Gasteiger partial charge in [-0.2, -0.15) is 0 Å². The van der Waals surface area contributed by atoms with Crippen LogP contribution < -0.4 is 0 Å². The van der Waals surface area contributed by atoms with Gasteiger partial charge in [-0.1, -0.05) is 0 Å². The molecule has 0 radical (unpaired) electrons. The van der Waals surface area contributed by atoms with Gasteiger partial charge in [0.15, 0.2) is 0 Å². The molecule has 62 valence electrons. The highest BCUT2D eigenvalue weighted by Crippen LogP contribution is 1.92. The summed E-state index contributed by atoms with van der Waals surface area (Å²) in [6.07, 6.45) is -2.07. The van der Waals surface area contributed by atoms with E-state index in [1.807, 2.05) is 0 Å². The Bertz CT molecular complexity index is 76.1. The first-order chi connectivity index (χ1) is 4.72. The Morgan fingerprint density at radius 3 is 2.30 bits per heavy atom. The van der Waals surface area contributed by atoms with Gasteiger partial charge in [-0.05, 0) is 6.92 Å². The van der Waals surface area contributed by atoms with Crippen molar-refractivity contribution in [1.82, 2.24) is 0 Å². The third-order valence-electron chi connectivity index (χ3n) is 1.12. The van der Waals surface area contributed by atoms with Gasteiger partial charge in [-0.15, -0.1) is 0 Å². The summed E-state index contributed by atoms with van der Waals surface area (Å²) in [6, 6.07) is 0. The predicted octanol–water partition coefficient (Wildman–Crippen LogP) is -1.26. The van der Waals surface area contributed by atoms with Crippen LogP contribution in [0.15, 0.2) is 0 Å². The van der Waals surface area contributed by atoms with Crippen LogP contribution in [0, 0.1) is 0 Å². The molecule has 0 heterocycles. The molecule has 0 aromatic heterocycles. The van der Waals surface area contributed by atoms with Gasteiger partial charge in [0.25, 0.3) is 0 Å². The van der Waals surface area contributed by atoms with E-state index in [2.05, 4.69) is 0 Å². The summed E-state index contributed by atoms with van der Waals surface area (Å²) in [7, 11) is 0. The first kappa shape index (κ1) is 9.84. The minimum absolute atomic E-state index is 0.0677. The monoisotopic (exact) mass is 150 g/mol. The molecule has 0 aliphatic heterocycles. The van der Waals surface area contributed by atoms with Crippen molar-refractivity contribution in [3.63, 3.8) is 0 Å². The molecule has 0 rings (SSSR count). The number of hydrogen-bond donors (Lipinski definition) is 3. The lowest BCUT2D eigenvalue weighted by molar-refractivity contribution is -0.0548. The molecule has 0 amide bonds. The largest absolute Gasteiger partial charge is 0.394 e. The molecule has 10 heavy (non-hydrogen) atoms. The van der Waals surface area contributed by atoms with Crippen LogP contribution in [-0.4, -0.2) is 47.3 Å². The van der Waals surface area contributed by atoms with Gasteiger partial charge >= 0.3 is 0 Å². The molecular weight excluding hydrogens is 136 g/mol. The van der Waals surface area contributed by atoms with Crippen molar-refractivity contribution in [2.75, 3.05) is 19.8 Å². The van der Waals surface area contributed by atoms with Crippen molar-refractivity contribution in [3.05, 3.63) is 0 Å². The quantitative estimate of drug-likeness (QED) is 0.457. The fourth-order valence-electron chi connectivity index (χ4n) is 0.471. The van der Waals surface area contributed by atoms with Crippen LogP contribution in [0.25, 0.3) is 0 Å². The molecule has 0 saturated carbocycles. The van der Waals surface area contributed by atoms with Crippen molar-refractivity contribution in [1.29, 1.82) is 0 Å². The van der Waals surface area contributed by atoms with Crippen LogP contribution in [0.4, 0.5) is 0 Å². The third kappa shape index (κ3) is 3.79. The van der Waals surface area contributed by atoms with Gasteiger partial charge in [0.2, 0.25) is 0 Å². The molecule has 0 bridgehead atoms. The van der Waals surface area contributed by atoms with E-state index < -0.39 is 18.8 Å². The van der Waals surface area contributed by atoms with Crippen molar-refractivity contribution in [2.24, 2.45) is 0 Å². The molecule has 0 aliphatic carbocycles. The second kappa shape index (κ2) is 5.61. The van der Waals surface area contributed by atoms with E-state index in [0.29, 0.717) is 6.61 Å². The molecule has 0 aromatic carbocycles. The van der Waals surface area contributed by atoms with Gasteiger partial charge < -0.3 is 20.1 Å². The maximum atomic E-state index is 8.91. The number of rotatable bonds is 5. The van der Waals surface area contributed by atoms with Gasteiger partial charge in [0.1, 0.15) is 12.2 Å². The van der Waals surface area contributed by atoms with E-state index >= 15 is 0 Å². The summed E-state index contributed by atoms with van der Waals surface area (Å²) in [4.78, 5) is 0. The first-order valence-electron chi connectivity index (χ1n) is 3.27. The van der Waals surface area contributed by atoms with Crippen LogP contribution in [-0.2, 0) is 4.74 Å². The van der Waals surface area contributed by atoms with Crippen molar-refractivity contribution in [2.45, 2.75) is 19.1 Å². The molecule has 0 saturated heterocycles. The van der Waals surface area contributed by atoms with E-state index in [0.717, 1.165) is 0 Å². The van der Waals surface area contributed by atoms with Crippen molar-refractivity contribution < 1.29 is 20.1 Å². The standard InChI is InChI=1S/C6H14O4/c1-2-10-4-6(9)5(8)3-7/h5-9H,2-4H2,1H3. The molecular formula is C6H14O4. The van der Waals surface area contributed by atoms with Gasteiger partial charge in [0.05, 0.1) is 13.2 Å². The smallest absolute Gasteiger partial charge is 0.105 e. The zero-order valence-electron chi connectivity index (χ0n) is 6.03. The van der Waals surface area contributed by atoms with E-state index in [1.54, 1.807) is 6.92 Å².